The monoisotopic (exact) mass is 504 g/mol. The summed E-state index contributed by atoms with van der Waals surface area (Å²) in [7, 11) is 0. The fourth-order valence-corrected chi connectivity index (χ4v) is 5.22. The Labute approximate surface area is 213 Å². The number of anilines is 1. The lowest BCUT2D eigenvalue weighted by atomic mass is 9.98. The Kier molecular flexibility index (Phi) is 6.78. The van der Waals surface area contributed by atoms with E-state index in [4.69, 9.17) is 13.9 Å². The molecule has 0 spiro atoms. The number of benzene rings is 2. The number of thiazole rings is 1. The SMILES string of the molecule is CCCCCOc1ccc(C2c3c(oc4ccc(C)cc4c3=O)C(=O)N2c2nccs2)cc1OCC. The molecule has 0 radical (unpaired) electrons. The van der Waals surface area contributed by atoms with Gasteiger partial charge in [0.2, 0.25) is 5.76 Å². The number of rotatable bonds is 9. The quantitative estimate of drug-likeness (QED) is 0.250. The second kappa shape index (κ2) is 10.1. The Hall–Kier alpha value is -3.65. The second-order valence-corrected chi connectivity index (χ2v) is 9.63. The number of unbranched alkanes of at least 4 members (excludes halogenated alkanes) is 2. The molecule has 1 unspecified atom stereocenters. The molecular formula is C28H28N2O5S. The van der Waals surface area contributed by atoms with Crippen molar-refractivity contribution in [1.29, 1.82) is 0 Å². The number of aromatic nitrogens is 1. The first kappa shape index (κ1) is 24.1. The summed E-state index contributed by atoms with van der Waals surface area (Å²) in [6.45, 7) is 7.03. The van der Waals surface area contributed by atoms with Gasteiger partial charge < -0.3 is 13.9 Å². The van der Waals surface area contributed by atoms with E-state index in [1.165, 1.54) is 11.3 Å². The molecule has 4 aromatic rings. The molecule has 0 bridgehead atoms. The molecule has 0 saturated heterocycles. The number of fused-ring (bicyclic) bond motifs is 2. The van der Waals surface area contributed by atoms with E-state index in [1.807, 2.05) is 38.1 Å². The van der Waals surface area contributed by atoms with Crippen LogP contribution in [0.1, 0.15) is 66.4 Å². The van der Waals surface area contributed by atoms with Crippen LogP contribution in [-0.2, 0) is 0 Å². The Balaban J connectivity index is 1.66. The highest BCUT2D eigenvalue weighted by atomic mass is 32.1. The zero-order valence-corrected chi connectivity index (χ0v) is 21.4. The van der Waals surface area contributed by atoms with Gasteiger partial charge in [-0.15, -0.1) is 11.3 Å². The number of carbonyl (C=O) groups is 1. The summed E-state index contributed by atoms with van der Waals surface area (Å²) in [6, 6.07) is 10.3. The van der Waals surface area contributed by atoms with Crippen LogP contribution in [0.5, 0.6) is 11.5 Å². The third kappa shape index (κ3) is 4.26. The average Bonchev–Trinajstić information content (AvgIpc) is 3.50. The highest BCUT2D eigenvalue weighted by molar-refractivity contribution is 7.13. The van der Waals surface area contributed by atoms with Crippen LogP contribution in [0.2, 0.25) is 0 Å². The van der Waals surface area contributed by atoms with Gasteiger partial charge in [0.1, 0.15) is 5.58 Å². The molecule has 2 aromatic carbocycles. The first-order chi connectivity index (χ1) is 17.5. The summed E-state index contributed by atoms with van der Waals surface area (Å²) >= 11 is 1.33. The lowest BCUT2D eigenvalue weighted by Gasteiger charge is -2.23. The third-order valence-corrected chi connectivity index (χ3v) is 7.01. The number of nitrogens with zero attached hydrogens (tertiary/aromatic N) is 2. The minimum absolute atomic E-state index is 0.0504. The van der Waals surface area contributed by atoms with E-state index in [2.05, 4.69) is 11.9 Å². The smallest absolute Gasteiger partial charge is 0.297 e. The van der Waals surface area contributed by atoms with Crippen LogP contribution in [0.25, 0.3) is 11.0 Å². The van der Waals surface area contributed by atoms with E-state index in [1.54, 1.807) is 28.6 Å². The zero-order chi connectivity index (χ0) is 25.2. The van der Waals surface area contributed by atoms with Crippen molar-refractivity contribution in [1.82, 2.24) is 4.98 Å². The molecule has 7 nitrogen and oxygen atoms in total. The minimum Gasteiger partial charge on any atom is -0.490 e. The van der Waals surface area contributed by atoms with Gasteiger partial charge in [0.25, 0.3) is 5.91 Å². The minimum atomic E-state index is -0.701. The molecular weight excluding hydrogens is 476 g/mol. The van der Waals surface area contributed by atoms with Gasteiger partial charge in [-0.25, -0.2) is 4.98 Å². The molecule has 3 heterocycles. The number of amides is 1. The highest BCUT2D eigenvalue weighted by Gasteiger charge is 2.45. The third-order valence-electron chi connectivity index (χ3n) is 6.24. The summed E-state index contributed by atoms with van der Waals surface area (Å²) in [4.78, 5) is 33.3. The molecule has 1 aliphatic heterocycles. The van der Waals surface area contributed by atoms with E-state index < -0.39 is 6.04 Å². The first-order valence-corrected chi connectivity index (χ1v) is 13.1. The molecule has 0 fully saturated rings. The summed E-state index contributed by atoms with van der Waals surface area (Å²) in [5.74, 6) is 0.882. The summed E-state index contributed by atoms with van der Waals surface area (Å²) < 4.78 is 17.9. The largest absolute Gasteiger partial charge is 0.490 e. The van der Waals surface area contributed by atoms with Crippen LogP contribution >= 0.6 is 11.3 Å². The molecule has 2 aromatic heterocycles. The van der Waals surface area contributed by atoms with Crippen molar-refractivity contribution < 1.29 is 18.7 Å². The van der Waals surface area contributed by atoms with Gasteiger partial charge in [0.15, 0.2) is 22.1 Å². The van der Waals surface area contributed by atoms with E-state index in [9.17, 15) is 9.59 Å². The van der Waals surface area contributed by atoms with E-state index in [0.717, 1.165) is 30.4 Å². The van der Waals surface area contributed by atoms with Crippen molar-refractivity contribution in [2.45, 2.75) is 46.1 Å². The number of aryl methyl sites for hydroxylation is 1. The van der Waals surface area contributed by atoms with Gasteiger partial charge in [0.05, 0.1) is 30.2 Å². The van der Waals surface area contributed by atoms with Crippen LogP contribution in [-0.4, -0.2) is 24.1 Å². The predicted octanol–water partition coefficient (Wildman–Crippen LogP) is 6.28. The second-order valence-electron chi connectivity index (χ2n) is 8.76. The van der Waals surface area contributed by atoms with Crippen LogP contribution in [0.3, 0.4) is 0 Å². The standard InChI is InChI=1S/C28H28N2O5S/c1-4-6-7-13-34-21-11-9-18(16-22(21)33-5-2)24-23-25(31)19-15-17(3)8-10-20(19)35-26(23)27(32)30(24)28-29-12-14-36-28/h8-12,14-16,24H,4-7,13H2,1-3H3. The molecule has 8 heteroatoms. The van der Waals surface area contributed by atoms with Gasteiger partial charge in [-0.05, 0) is 50.1 Å². The number of hydrogen-bond acceptors (Lipinski definition) is 7. The fraction of sp³-hybridized carbons (Fsp3) is 0.321. The Bertz CT molecular complexity index is 1460. The molecule has 0 N–H and O–H groups in total. The first-order valence-electron chi connectivity index (χ1n) is 12.2. The van der Waals surface area contributed by atoms with Gasteiger partial charge in [-0.1, -0.05) is 37.5 Å². The molecule has 1 aliphatic rings. The summed E-state index contributed by atoms with van der Waals surface area (Å²) in [5, 5.41) is 2.75. The number of ether oxygens (including phenoxy) is 2. The Morgan fingerprint density at radius 3 is 2.67 bits per heavy atom. The van der Waals surface area contributed by atoms with Crippen molar-refractivity contribution >= 4 is 33.3 Å². The topological polar surface area (TPSA) is 81.9 Å². The maximum Gasteiger partial charge on any atom is 0.297 e. The predicted molar refractivity (Wildman–Crippen MR) is 141 cm³/mol. The average molecular weight is 505 g/mol. The van der Waals surface area contributed by atoms with E-state index in [-0.39, 0.29) is 17.1 Å². The van der Waals surface area contributed by atoms with Crippen molar-refractivity contribution in [2.24, 2.45) is 0 Å². The molecule has 0 saturated carbocycles. The van der Waals surface area contributed by atoms with Crippen LogP contribution < -0.4 is 19.8 Å². The lowest BCUT2D eigenvalue weighted by Crippen LogP contribution is -2.29. The highest BCUT2D eigenvalue weighted by Crippen LogP contribution is 2.43. The maximum atomic E-state index is 13.8. The van der Waals surface area contributed by atoms with Gasteiger partial charge in [-0.2, -0.15) is 0 Å². The molecule has 1 amide bonds. The Morgan fingerprint density at radius 2 is 1.92 bits per heavy atom. The number of hydrogen-bond donors (Lipinski definition) is 0. The molecule has 5 rings (SSSR count). The van der Waals surface area contributed by atoms with Crippen molar-refractivity contribution in [3.05, 3.63) is 80.6 Å². The molecule has 0 aliphatic carbocycles. The van der Waals surface area contributed by atoms with E-state index in [0.29, 0.717) is 46.4 Å². The van der Waals surface area contributed by atoms with Crippen molar-refractivity contribution in [3.8, 4) is 11.5 Å². The van der Waals surface area contributed by atoms with Crippen molar-refractivity contribution in [3.63, 3.8) is 0 Å². The Morgan fingerprint density at radius 1 is 1.06 bits per heavy atom. The van der Waals surface area contributed by atoms with E-state index >= 15 is 0 Å². The molecule has 36 heavy (non-hydrogen) atoms. The van der Waals surface area contributed by atoms with Crippen LogP contribution in [0.4, 0.5) is 5.13 Å². The fourth-order valence-electron chi connectivity index (χ4n) is 4.55. The lowest BCUT2D eigenvalue weighted by molar-refractivity contribution is 0.0971. The van der Waals surface area contributed by atoms with Gasteiger partial charge in [0, 0.05) is 11.6 Å². The van der Waals surface area contributed by atoms with Crippen LogP contribution in [0, 0.1) is 6.92 Å². The van der Waals surface area contributed by atoms with Gasteiger partial charge >= 0.3 is 0 Å². The maximum absolute atomic E-state index is 13.8. The van der Waals surface area contributed by atoms with Crippen LogP contribution in [0.15, 0.2) is 57.2 Å². The van der Waals surface area contributed by atoms with Crippen molar-refractivity contribution in [2.75, 3.05) is 18.1 Å². The number of carbonyl (C=O) groups excluding carboxylic acids is 1. The molecule has 1 atom stereocenters. The summed E-state index contributed by atoms with van der Waals surface area (Å²) in [5.41, 5.74) is 2.15. The van der Waals surface area contributed by atoms with Gasteiger partial charge in [-0.3, -0.25) is 14.5 Å². The summed E-state index contributed by atoms with van der Waals surface area (Å²) in [6.07, 6.45) is 4.80. The molecule has 186 valence electrons. The zero-order valence-electron chi connectivity index (χ0n) is 20.6. The normalized spacial score (nSPS) is 14.9.